The lowest BCUT2D eigenvalue weighted by atomic mass is 9.78. The van der Waals surface area contributed by atoms with Gasteiger partial charge in [-0.2, -0.15) is 5.10 Å². The molecule has 21 nitrogen and oxygen atoms in total. The number of benzene rings is 5. The number of fused-ring (bicyclic) bond motifs is 14. The van der Waals surface area contributed by atoms with E-state index in [-0.39, 0.29) is 59.8 Å². The van der Waals surface area contributed by atoms with Crippen molar-refractivity contribution in [3.8, 4) is 23.0 Å². The lowest BCUT2D eigenvalue weighted by molar-refractivity contribution is -0.160. The van der Waals surface area contributed by atoms with Gasteiger partial charge < -0.3 is 70.3 Å². The quantitative estimate of drug-likeness (QED) is 0.0176. The number of halogens is 2. The molecule has 9 rings (SSSR count). The van der Waals surface area contributed by atoms with Crippen molar-refractivity contribution < 1.29 is 84.8 Å². The third-order valence-electron chi connectivity index (χ3n) is 16.7. The number of anilines is 2. The molecule has 4 aliphatic heterocycles. The summed E-state index contributed by atoms with van der Waals surface area (Å²) in [6.45, 7) is 12.2. The Morgan fingerprint density at radius 2 is 1.58 bits per heavy atom. The molecule has 4 aliphatic rings. The summed E-state index contributed by atoms with van der Waals surface area (Å²) in [5.74, 6) is -13.7. The number of aliphatic hydroxyl groups excluding tert-OH is 2. The Kier molecular flexibility index (Phi) is 20.2. The number of piperazine rings is 1. The van der Waals surface area contributed by atoms with Gasteiger partial charge in [0, 0.05) is 102 Å². The molecule has 5 aromatic rings. The lowest BCUT2D eigenvalue weighted by Gasteiger charge is -2.38. The second-order valence-corrected chi connectivity index (χ2v) is 22.9. The van der Waals surface area contributed by atoms with Gasteiger partial charge in [0.05, 0.1) is 64.6 Å². The maximum atomic E-state index is 15.1. The molecule has 0 saturated carbocycles. The average Bonchev–Trinajstić information content (AvgIpc) is 1.44. The predicted molar refractivity (Wildman–Crippen MR) is 331 cm³/mol. The fourth-order valence-electron chi connectivity index (χ4n) is 11.5. The average molecular weight is 1250 g/mol. The van der Waals surface area contributed by atoms with Crippen LogP contribution >= 0.6 is 0 Å². The van der Waals surface area contributed by atoms with E-state index in [9.17, 15) is 58.7 Å². The first kappa shape index (κ1) is 63.8. The van der Waals surface area contributed by atoms with E-state index in [0.717, 1.165) is 24.6 Å². The zero-order chi connectivity index (χ0) is 67.3. The summed E-state index contributed by atoms with van der Waals surface area (Å²) >= 11 is 0. The topological polar surface area (TPSA) is 295 Å². The molecule has 3 amide bonds. The van der Waals surface area contributed by atoms with Crippen LogP contribution in [0.2, 0.25) is 0 Å². The summed E-state index contributed by atoms with van der Waals surface area (Å²) in [7, 11) is 1.39. The first-order chi connectivity index (χ1) is 43.5. The maximum absolute atomic E-state index is 15.1. The molecule has 0 spiro atoms. The highest BCUT2D eigenvalue weighted by Crippen LogP contribution is 2.55. The van der Waals surface area contributed by atoms with Gasteiger partial charge in [0.15, 0.2) is 11.5 Å². The molecular formula is C67H76F2N6O15. The SMILES string of the molecule is [2H]C([2H])(c1ccccc1)[C@@H](NC(=O)c1ccccc1F)C(=O)Cc1cc(F)ccc1N1CCN(C(=O)CNN=Cc2c3c(O)c4c(O)c(C)c5c(c4c2O)C(=O)[C@@](C)(O/C=C/[C@H](OC)[C@@H](C)[C@@H](OC(C)=O)[C@H](C)[C@H](O)[C@H](C)[C@@H](O)[C@@H](C)/C=C/C=C(/C)C(=O)N3)O5)CC1. The third kappa shape index (κ3) is 14.4. The fourth-order valence-corrected chi connectivity index (χ4v) is 11.5. The van der Waals surface area contributed by atoms with Crippen LogP contribution in [-0.4, -0.2) is 148 Å². The largest absolute Gasteiger partial charge is 0.507 e. The van der Waals surface area contributed by atoms with E-state index in [2.05, 4.69) is 21.2 Å². The van der Waals surface area contributed by atoms with Gasteiger partial charge in [-0.1, -0.05) is 88.4 Å². The summed E-state index contributed by atoms with van der Waals surface area (Å²) in [4.78, 5) is 86.2. The van der Waals surface area contributed by atoms with E-state index in [1.165, 1.54) is 100 Å². The molecule has 8 N–H and O–H groups in total. The number of phenols is 3. The van der Waals surface area contributed by atoms with Gasteiger partial charge in [0.2, 0.25) is 5.91 Å². The van der Waals surface area contributed by atoms with Gasteiger partial charge in [-0.15, -0.1) is 0 Å². The minimum Gasteiger partial charge on any atom is -0.507 e. The van der Waals surface area contributed by atoms with Crippen LogP contribution in [-0.2, 0) is 46.2 Å². The number of nitrogens with one attached hydrogen (secondary N) is 3. The number of aromatic hydroxyl groups is 3. The smallest absolute Gasteiger partial charge is 0.312 e. The van der Waals surface area contributed by atoms with E-state index in [4.69, 9.17) is 21.7 Å². The number of hydrogen-bond acceptors (Lipinski definition) is 18. The number of carbonyl (C=O) groups excluding carboxylic acids is 6. The van der Waals surface area contributed by atoms with Crippen molar-refractivity contribution in [3.05, 3.63) is 154 Å². The van der Waals surface area contributed by atoms with Crippen LogP contribution in [0, 0.1) is 42.2 Å². The number of aliphatic hydroxyl groups is 2. The van der Waals surface area contributed by atoms with E-state index in [1.807, 2.05) is 4.90 Å². The van der Waals surface area contributed by atoms with E-state index in [0.29, 0.717) is 5.69 Å². The molecule has 4 heterocycles. The molecule has 10 atom stereocenters. The van der Waals surface area contributed by atoms with Crippen molar-refractivity contribution in [2.75, 3.05) is 50.1 Å². The Bertz CT molecular complexity index is 3780. The van der Waals surface area contributed by atoms with Crippen LogP contribution in [0.4, 0.5) is 20.2 Å². The molecule has 23 heteroatoms. The molecule has 478 valence electrons. The Morgan fingerprint density at radius 3 is 2.26 bits per heavy atom. The molecule has 1 fully saturated rings. The molecule has 90 heavy (non-hydrogen) atoms. The molecular weight excluding hydrogens is 1170 g/mol. The Morgan fingerprint density at radius 1 is 0.889 bits per heavy atom. The number of esters is 1. The van der Waals surface area contributed by atoms with Crippen LogP contribution < -0.4 is 25.7 Å². The third-order valence-corrected chi connectivity index (χ3v) is 16.7. The number of phenolic OH excluding ortho intramolecular Hbond substituents is 3. The van der Waals surface area contributed by atoms with E-state index < -0.39 is 171 Å². The number of ether oxygens (including phenoxy) is 4. The molecule has 0 unspecified atom stereocenters. The minimum absolute atomic E-state index is 0.0406. The Hall–Kier alpha value is -9.19. The molecule has 0 aliphatic carbocycles. The van der Waals surface area contributed by atoms with Crippen molar-refractivity contribution in [1.82, 2.24) is 15.6 Å². The van der Waals surface area contributed by atoms with Gasteiger partial charge in [-0.25, -0.2) is 8.78 Å². The molecule has 1 saturated heterocycles. The number of Topliss-reactive ketones (excluding diaryl/α,β-unsaturated/α-hetero) is 2. The van der Waals surface area contributed by atoms with Crippen LogP contribution in [0.3, 0.4) is 0 Å². The highest BCUT2D eigenvalue weighted by atomic mass is 19.1. The maximum Gasteiger partial charge on any atom is 0.312 e. The minimum atomic E-state index is -2.52. The van der Waals surface area contributed by atoms with E-state index >= 15 is 4.39 Å². The number of methoxy groups -OCH3 is 1. The van der Waals surface area contributed by atoms with Gasteiger partial charge in [0.25, 0.3) is 17.6 Å². The zero-order valence-electron chi connectivity index (χ0n) is 53.2. The number of amides is 3. The summed E-state index contributed by atoms with van der Waals surface area (Å²) in [5, 5.41) is 67.7. The van der Waals surface area contributed by atoms with Gasteiger partial charge in [-0.3, -0.25) is 28.8 Å². The fraction of sp³-hybridized carbons (Fsp3) is 0.388. The van der Waals surface area contributed by atoms with Crippen molar-refractivity contribution in [2.24, 2.45) is 28.8 Å². The molecule has 5 aromatic carbocycles. The number of nitrogens with zero attached hydrogens (tertiary/aromatic N) is 3. The second-order valence-electron chi connectivity index (χ2n) is 22.9. The monoisotopic (exact) mass is 1240 g/mol. The number of ketones is 2. The zero-order valence-corrected chi connectivity index (χ0v) is 51.2. The van der Waals surface area contributed by atoms with Crippen molar-refractivity contribution in [2.45, 2.75) is 104 Å². The number of allylic oxidation sites excluding steroid dienone is 2. The molecule has 0 radical (unpaired) electrons. The Balaban J connectivity index is 1.05. The predicted octanol–water partition coefficient (Wildman–Crippen LogP) is 7.46. The number of rotatable bonds is 14. The number of hydrazone groups is 1. The standard InChI is InChI=1S/C67H76F2N6O15/c1-35-16-15-17-36(2)65(85)73-56-46(60(82)53-54(61(56)83)59(81)40(6)63-55(53)64(84)67(8,90-63)88-29-24-51(87-9)37(3)62(89-41(7)76)39(5)58(80)38(4)57(35)79)33-70-71-34-52(78)75-27-25-74(26-28-75)49-23-22-44(68)31-43(49)32-50(77)48(30-42-18-11-10-12-19-42)72-66(86)45-20-13-14-21-47(45)69/h10-24,29,31,33,35,37-39,48,51,57-58,62,71,79-83H,25-28,30,32,34H2,1-9H3,(H,72,86)(H,73,85)/b16-15+,29-24+,36-17-,70-33?/t35-,37+,38+,39+,48+,51-,57-,58+,62+,67-/m0/s1/i30D2. The first-order valence-electron chi connectivity index (χ1n) is 30.3. The summed E-state index contributed by atoms with van der Waals surface area (Å²) < 4.78 is 71.7. The van der Waals surface area contributed by atoms with E-state index in [1.54, 1.807) is 52.0 Å². The highest BCUT2D eigenvalue weighted by molar-refractivity contribution is 6.24. The lowest BCUT2D eigenvalue weighted by Crippen LogP contribution is -2.51. The van der Waals surface area contributed by atoms with Crippen LogP contribution in [0.15, 0.2) is 114 Å². The van der Waals surface area contributed by atoms with Crippen molar-refractivity contribution in [3.63, 3.8) is 0 Å². The first-order valence-corrected chi connectivity index (χ1v) is 29.3. The molecule has 5 bridgehead atoms. The summed E-state index contributed by atoms with van der Waals surface area (Å²) in [6, 6.07) is 14.6. The van der Waals surface area contributed by atoms with Gasteiger partial charge in [-0.05, 0) is 67.8 Å². The number of carbonyl (C=O) groups is 6. The van der Waals surface area contributed by atoms with Crippen LogP contribution in [0.1, 0.15) is 94.2 Å². The van der Waals surface area contributed by atoms with Crippen LogP contribution in [0.5, 0.6) is 23.0 Å². The Labute approximate surface area is 522 Å². The highest BCUT2D eigenvalue weighted by Gasteiger charge is 2.50. The van der Waals surface area contributed by atoms with Crippen molar-refractivity contribution in [1.29, 1.82) is 0 Å². The van der Waals surface area contributed by atoms with Gasteiger partial charge in [0.1, 0.15) is 41.5 Å². The van der Waals surface area contributed by atoms with Gasteiger partial charge >= 0.3 is 11.8 Å². The number of hydrogen-bond donors (Lipinski definition) is 8. The summed E-state index contributed by atoms with van der Waals surface area (Å²) in [5.41, 5.74) is 1.60. The van der Waals surface area contributed by atoms with Crippen molar-refractivity contribution >= 4 is 63.6 Å². The summed E-state index contributed by atoms with van der Waals surface area (Å²) in [6.07, 6.45) is 0.772. The normalized spacial score (nSPS) is 25.5. The van der Waals surface area contributed by atoms with Crippen LogP contribution in [0.25, 0.3) is 10.8 Å². The second kappa shape index (κ2) is 28.5. The molecule has 0 aromatic heterocycles.